The highest BCUT2D eigenvalue weighted by Crippen LogP contribution is 2.29. The van der Waals surface area contributed by atoms with Gasteiger partial charge in [-0.25, -0.2) is 0 Å². The third-order valence-electron chi connectivity index (χ3n) is 3.76. The molecule has 0 aromatic rings. The smallest absolute Gasteiger partial charge is 0.220 e. The Balaban J connectivity index is 2.36. The van der Waals surface area contributed by atoms with Crippen molar-refractivity contribution in [1.82, 2.24) is 5.32 Å². The zero-order valence-corrected chi connectivity index (χ0v) is 11.6. The van der Waals surface area contributed by atoms with Gasteiger partial charge in [0.15, 0.2) is 0 Å². The van der Waals surface area contributed by atoms with E-state index < -0.39 is 0 Å². The minimum Gasteiger partial charge on any atom is -0.351 e. The minimum atomic E-state index is 0.0497. The zero-order valence-electron chi connectivity index (χ0n) is 11.6. The van der Waals surface area contributed by atoms with E-state index in [1.807, 2.05) is 0 Å². The first kappa shape index (κ1) is 14.5. The molecule has 1 atom stereocenters. The lowest BCUT2D eigenvalue weighted by Gasteiger charge is -2.26. The fourth-order valence-electron chi connectivity index (χ4n) is 2.86. The monoisotopic (exact) mass is 240 g/mol. The molecule has 0 aliphatic heterocycles. The van der Waals surface area contributed by atoms with Crippen LogP contribution in [0.4, 0.5) is 0 Å². The normalized spacial score (nSPS) is 20.5. The Bertz CT molecular complexity index is 245. The molecule has 1 aliphatic rings. The molecule has 3 nitrogen and oxygen atoms in total. The quantitative estimate of drug-likeness (QED) is 0.749. The number of nitrogens with one attached hydrogen (secondary N) is 1. The van der Waals surface area contributed by atoms with Crippen LogP contribution in [-0.4, -0.2) is 18.0 Å². The van der Waals surface area contributed by atoms with Crippen molar-refractivity contribution < 1.29 is 4.79 Å². The zero-order chi connectivity index (χ0) is 12.9. The largest absolute Gasteiger partial charge is 0.351 e. The summed E-state index contributed by atoms with van der Waals surface area (Å²) >= 11 is 0. The van der Waals surface area contributed by atoms with Crippen molar-refractivity contribution in [3.05, 3.63) is 0 Å². The predicted octanol–water partition coefficient (Wildman–Crippen LogP) is 2.45. The van der Waals surface area contributed by atoms with Crippen LogP contribution in [0.15, 0.2) is 0 Å². The van der Waals surface area contributed by atoms with Gasteiger partial charge in [0, 0.05) is 12.0 Å². The van der Waals surface area contributed by atoms with E-state index in [-0.39, 0.29) is 11.4 Å². The van der Waals surface area contributed by atoms with Crippen LogP contribution in [0.25, 0.3) is 0 Å². The van der Waals surface area contributed by atoms with Crippen LogP contribution in [-0.2, 0) is 4.79 Å². The van der Waals surface area contributed by atoms with Crippen molar-refractivity contribution in [1.29, 1.82) is 0 Å². The molecule has 1 unspecified atom stereocenters. The Hall–Kier alpha value is -0.570. The van der Waals surface area contributed by atoms with Gasteiger partial charge < -0.3 is 11.1 Å². The second kappa shape index (κ2) is 6.39. The van der Waals surface area contributed by atoms with Gasteiger partial charge in [-0.3, -0.25) is 4.79 Å². The maximum Gasteiger partial charge on any atom is 0.220 e. The summed E-state index contributed by atoms with van der Waals surface area (Å²) in [4.78, 5) is 12.0. The molecular formula is C14H28N2O. The summed E-state index contributed by atoms with van der Waals surface area (Å²) in [6.45, 7) is 7.14. The summed E-state index contributed by atoms with van der Waals surface area (Å²) in [6, 6.07) is 0. The van der Waals surface area contributed by atoms with E-state index in [9.17, 15) is 4.79 Å². The maximum absolute atomic E-state index is 12.0. The van der Waals surface area contributed by atoms with Crippen LogP contribution in [0.1, 0.15) is 59.3 Å². The number of hydrogen-bond donors (Lipinski definition) is 2. The van der Waals surface area contributed by atoms with Gasteiger partial charge in [-0.2, -0.15) is 0 Å². The van der Waals surface area contributed by atoms with Crippen LogP contribution < -0.4 is 11.1 Å². The van der Waals surface area contributed by atoms with E-state index in [4.69, 9.17) is 5.73 Å². The van der Waals surface area contributed by atoms with E-state index in [1.165, 1.54) is 12.8 Å². The first-order chi connectivity index (χ1) is 7.95. The second-order valence-electron chi connectivity index (χ2n) is 6.25. The Kier molecular flexibility index (Phi) is 5.44. The van der Waals surface area contributed by atoms with Gasteiger partial charge in [-0.15, -0.1) is 0 Å². The number of rotatable bonds is 6. The van der Waals surface area contributed by atoms with Crippen LogP contribution in [0.2, 0.25) is 0 Å². The summed E-state index contributed by atoms with van der Waals surface area (Å²) in [5, 5.41) is 3.20. The number of amides is 1. The first-order valence-electron chi connectivity index (χ1n) is 6.96. The molecule has 0 aromatic heterocycles. The number of hydrogen-bond acceptors (Lipinski definition) is 2. The molecule has 1 amide bonds. The van der Waals surface area contributed by atoms with Gasteiger partial charge in [0.25, 0.3) is 0 Å². The van der Waals surface area contributed by atoms with Crippen LogP contribution in [0.5, 0.6) is 0 Å². The maximum atomic E-state index is 12.0. The molecule has 1 aliphatic carbocycles. The Labute approximate surface area is 106 Å². The molecule has 1 rings (SSSR count). The van der Waals surface area contributed by atoms with Gasteiger partial charge in [0.1, 0.15) is 0 Å². The fourth-order valence-corrected chi connectivity index (χ4v) is 2.86. The number of carbonyl (C=O) groups is 1. The fraction of sp³-hybridized carbons (Fsp3) is 0.929. The number of carbonyl (C=O) groups excluding carboxylic acids is 1. The third kappa shape index (κ3) is 5.07. The molecule has 17 heavy (non-hydrogen) atoms. The molecule has 3 N–H and O–H groups in total. The third-order valence-corrected chi connectivity index (χ3v) is 3.76. The van der Waals surface area contributed by atoms with Gasteiger partial charge in [0.05, 0.1) is 0 Å². The van der Waals surface area contributed by atoms with E-state index in [1.54, 1.807) is 0 Å². The highest BCUT2D eigenvalue weighted by Gasteiger charge is 2.30. The highest BCUT2D eigenvalue weighted by molar-refractivity contribution is 5.77. The van der Waals surface area contributed by atoms with Crippen molar-refractivity contribution in [2.45, 2.75) is 64.8 Å². The average molecular weight is 240 g/mol. The molecule has 0 aromatic carbocycles. The first-order valence-corrected chi connectivity index (χ1v) is 6.96. The van der Waals surface area contributed by atoms with Crippen molar-refractivity contribution in [2.24, 2.45) is 17.6 Å². The lowest BCUT2D eigenvalue weighted by Crippen LogP contribution is -2.44. The van der Waals surface area contributed by atoms with E-state index >= 15 is 0 Å². The Morgan fingerprint density at radius 3 is 2.41 bits per heavy atom. The molecule has 0 bridgehead atoms. The molecule has 1 saturated carbocycles. The van der Waals surface area contributed by atoms with Gasteiger partial charge >= 0.3 is 0 Å². The Morgan fingerprint density at radius 1 is 1.35 bits per heavy atom. The van der Waals surface area contributed by atoms with Crippen molar-refractivity contribution >= 4 is 5.91 Å². The van der Waals surface area contributed by atoms with E-state index in [2.05, 4.69) is 26.1 Å². The van der Waals surface area contributed by atoms with Crippen molar-refractivity contribution in [3.8, 4) is 0 Å². The molecule has 3 heteroatoms. The van der Waals surface area contributed by atoms with Crippen LogP contribution in [0.3, 0.4) is 0 Å². The summed E-state index contributed by atoms with van der Waals surface area (Å²) in [5.41, 5.74) is 5.78. The highest BCUT2D eigenvalue weighted by atomic mass is 16.1. The average Bonchev–Trinajstić information content (AvgIpc) is 2.62. The number of nitrogens with two attached hydrogens (primary N) is 1. The van der Waals surface area contributed by atoms with Gasteiger partial charge in [0.2, 0.25) is 5.91 Å². The predicted molar refractivity (Wildman–Crippen MR) is 71.6 cm³/mol. The Morgan fingerprint density at radius 2 is 1.94 bits per heavy atom. The van der Waals surface area contributed by atoms with E-state index in [0.29, 0.717) is 24.8 Å². The van der Waals surface area contributed by atoms with Gasteiger partial charge in [-0.1, -0.05) is 26.7 Å². The molecule has 100 valence electrons. The van der Waals surface area contributed by atoms with Crippen molar-refractivity contribution in [3.63, 3.8) is 0 Å². The second-order valence-corrected chi connectivity index (χ2v) is 6.25. The summed E-state index contributed by atoms with van der Waals surface area (Å²) in [7, 11) is 0. The van der Waals surface area contributed by atoms with Gasteiger partial charge in [-0.05, 0) is 44.6 Å². The lowest BCUT2D eigenvalue weighted by atomic mass is 9.93. The summed E-state index contributed by atoms with van der Waals surface area (Å²) < 4.78 is 0. The standard InChI is InChI=1S/C14H28N2O/c1-11(2)8-12(10-15)9-13(17)16-14(3)6-4-5-7-14/h11-12H,4-10,15H2,1-3H3,(H,16,17). The molecule has 0 saturated heterocycles. The summed E-state index contributed by atoms with van der Waals surface area (Å²) in [6.07, 6.45) is 6.35. The molecule has 1 fully saturated rings. The topological polar surface area (TPSA) is 55.1 Å². The molecular weight excluding hydrogens is 212 g/mol. The minimum absolute atomic E-state index is 0.0497. The van der Waals surface area contributed by atoms with Crippen LogP contribution >= 0.6 is 0 Å². The summed E-state index contributed by atoms with van der Waals surface area (Å²) in [5.74, 6) is 1.13. The van der Waals surface area contributed by atoms with Crippen LogP contribution in [0, 0.1) is 11.8 Å². The lowest BCUT2D eigenvalue weighted by molar-refractivity contribution is -0.123. The van der Waals surface area contributed by atoms with Crippen molar-refractivity contribution in [2.75, 3.05) is 6.54 Å². The molecule has 0 heterocycles. The molecule has 0 spiro atoms. The SMILES string of the molecule is CC(C)CC(CN)CC(=O)NC1(C)CCCC1. The molecule has 0 radical (unpaired) electrons. The van der Waals surface area contributed by atoms with E-state index in [0.717, 1.165) is 19.3 Å².